The molecule has 1 saturated heterocycles. The molecule has 0 radical (unpaired) electrons. The summed E-state index contributed by atoms with van der Waals surface area (Å²) in [5.41, 5.74) is 1.75. The topological polar surface area (TPSA) is 59.1 Å². The lowest BCUT2D eigenvalue weighted by atomic mass is 10.1. The van der Waals surface area contributed by atoms with Crippen molar-refractivity contribution in [1.82, 2.24) is 0 Å². The number of para-hydroxylation sites is 1. The minimum atomic E-state index is -3.52. The zero-order valence-corrected chi connectivity index (χ0v) is 20.4. The summed E-state index contributed by atoms with van der Waals surface area (Å²) in [7, 11) is -3.52. The molecule has 0 aromatic heterocycles. The van der Waals surface area contributed by atoms with Gasteiger partial charge in [0.1, 0.15) is 10.6 Å². The fraction of sp³-hybridized carbons (Fsp3) is 0.520. The van der Waals surface area contributed by atoms with Crippen molar-refractivity contribution < 1.29 is 17.9 Å². The molecular formula is C25H36N2O4S. The summed E-state index contributed by atoms with van der Waals surface area (Å²) in [6, 6.07) is 13.3. The fourth-order valence-corrected chi connectivity index (χ4v) is 4.67. The monoisotopic (exact) mass is 460 g/mol. The van der Waals surface area contributed by atoms with Gasteiger partial charge in [-0.3, -0.25) is 0 Å². The van der Waals surface area contributed by atoms with Crippen molar-refractivity contribution >= 4 is 21.2 Å². The van der Waals surface area contributed by atoms with E-state index in [0.717, 1.165) is 63.2 Å². The van der Waals surface area contributed by atoms with Crippen LogP contribution in [0.1, 0.15) is 39.5 Å². The molecule has 0 unspecified atom stereocenters. The Labute approximate surface area is 193 Å². The Balaban J connectivity index is 2.17. The Kier molecular flexibility index (Phi) is 8.82. The molecule has 1 aliphatic rings. The smallest absolute Gasteiger partial charge is 0.179 e. The van der Waals surface area contributed by atoms with E-state index in [2.05, 4.69) is 29.7 Å². The van der Waals surface area contributed by atoms with Crippen molar-refractivity contribution in [3.8, 4) is 11.5 Å². The van der Waals surface area contributed by atoms with Gasteiger partial charge in [0, 0.05) is 38.1 Å². The molecule has 0 aliphatic carbocycles. The van der Waals surface area contributed by atoms with Crippen molar-refractivity contribution in [3.05, 3.63) is 42.5 Å². The molecule has 32 heavy (non-hydrogen) atoms. The number of anilines is 2. The third-order valence-corrected chi connectivity index (χ3v) is 6.76. The van der Waals surface area contributed by atoms with Crippen LogP contribution in [0.25, 0.3) is 0 Å². The summed E-state index contributed by atoms with van der Waals surface area (Å²) in [5, 5.41) is 0. The molecule has 6 nitrogen and oxygen atoms in total. The van der Waals surface area contributed by atoms with Crippen molar-refractivity contribution in [1.29, 1.82) is 0 Å². The van der Waals surface area contributed by atoms with Gasteiger partial charge in [0.05, 0.1) is 18.9 Å². The van der Waals surface area contributed by atoms with Gasteiger partial charge >= 0.3 is 0 Å². The summed E-state index contributed by atoms with van der Waals surface area (Å²) in [5.74, 6) is 1.05. The van der Waals surface area contributed by atoms with Crippen LogP contribution in [0, 0.1) is 0 Å². The average molecular weight is 461 g/mol. The lowest BCUT2D eigenvalue weighted by molar-refractivity contribution is 0.122. The maximum atomic E-state index is 12.9. The highest BCUT2D eigenvalue weighted by Crippen LogP contribution is 2.42. The zero-order chi connectivity index (χ0) is 23.0. The molecule has 1 fully saturated rings. The largest absolute Gasteiger partial charge is 0.454 e. The number of ether oxygens (including phenoxy) is 2. The summed E-state index contributed by atoms with van der Waals surface area (Å²) in [6.45, 7) is 8.82. The van der Waals surface area contributed by atoms with E-state index in [1.54, 1.807) is 6.07 Å². The summed E-state index contributed by atoms with van der Waals surface area (Å²) in [4.78, 5) is 4.73. The van der Waals surface area contributed by atoms with Gasteiger partial charge in [-0.1, -0.05) is 44.9 Å². The SMILES string of the molecule is CCCCN(CCCC)c1cc(N2CCOCC2)cc(S(C)(=O)=O)c1Oc1ccccc1. The Morgan fingerprint density at radius 2 is 1.62 bits per heavy atom. The molecule has 0 amide bonds. The molecule has 0 N–H and O–H groups in total. The predicted molar refractivity (Wildman–Crippen MR) is 131 cm³/mol. The zero-order valence-electron chi connectivity index (χ0n) is 19.5. The van der Waals surface area contributed by atoms with Crippen molar-refractivity contribution in [2.75, 3.05) is 55.4 Å². The second-order valence-corrected chi connectivity index (χ2v) is 10.3. The molecule has 1 aliphatic heterocycles. The number of sulfone groups is 1. The van der Waals surface area contributed by atoms with E-state index in [0.29, 0.717) is 24.7 Å². The normalized spacial score (nSPS) is 14.4. The van der Waals surface area contributed by atoms with E-state index in [9.17, 15) is 8.42 Å². The van der Waals surface area contributed by atoms with Crippen LogP contribution in [0.3, 0.4) is 0 Å². The van der Waals surface area contributed by atoms with Gasteiger partial charge in [-0.25, -0.2) is 8.42 Å². The van der Waals surface area contributed by atoms with E-state index < -0.39 is 9.84 Å². The summed E-state index contributed by atoms with van der Waals surface area (Å²) < 4.78 is 37.7. The standard InChI is InChI=1S/C25H36N2O4S/c1-4-6-13-27(14-7-5-2)23-19-21(26-15-17-30-18-16-26)20-24(32(3,28)29)25(23)31-22-11-9-8-10-12-22/h8-12,19-20H,4-7,13-18H2,1-3H3. The number of benzene rings is 2. The predicted octanol–water partition coefficient (Wildman–Crippen LogP) is 5.13. The number of hydrogen-bond acceptors (Lipinski definition) is 6. The third-order valence-electron chi connectivity index (χ3n) is 5.66. The van der Waals surface area contributed by atoms with Crippen LogP contribution in [0.4, 0.5) is 11.4 Å². The van der Waals surface area contributed by atoms with Crippen LogP contribution in [-0.2, 0) is 14.6 Å². The second kappa shape index (κ2) is 11.6. The number of hydrogen-bond donors (Lipinski definition) is 0. The van der Waals surface area contributed by atoms with Crippen molar-refractivity contribution in [2.45, 2.75) is 44.4 Å². The van der Waals surface area contributed by atoms with Gasteiger partial charge in [0.2, 0.25) is 0 Å². The van der Waals surface area contributed by atoms with E-state index in [1.807, 2.05) is 30.3 Å². The highest BCUT2D eigenvalue weighted by molar-refractivity contribution is 7.90. The van der Waals surface area contributed by atoms with Gasteiger partial charge in [-0.2, -0.15) is 0 Å². The van der Waals surface area contributed by atoms with Crippen LogP contribution >= 0.6 is 0 Å². The minimum absolute atomic E-state index is 0.235. The second-order valence-electron chi connectivity index (χ2n) is 8.27. The van der Waals surface area contributed by atoms with E-state index in [1.165, 1.54) is 6.26 Å². The first-order valence-electron chi connectivity index (χ1n) is 11.6. The molecule has 176 valence electrons. The van der Waals surface area contributed by atoms with E-state index in [-0.39, 0.29) is 4.90 Å². The fourth-order valence-electron chi connectivity index (χ4n) is 3.85. The summed E-state index contributed by atoms with van der Waals surface area (Å²) in [6.07, 6.45) is 5.46. The Bertz CT molecular complexity index is 949. The Hall–Kier alpha value is -2.25. The quantitative estimate of drug-likeness (QED) is 0.464. The molecule has 7 heteroatoms. The highest BCUT2D eigenvalue weighted by atomic mass is 32.2. The van der Waals surface area contributed by atoms with Crippen molar-refractivity contribution in [3.63, 3.8) is 0 Å². The molecule has 0 bridgehead atoms. The van der Waals surface area contributed by atoms with Crippen LogP contribution in [0.5, 0.6) is 11.5 Å². The number of morpholine rings is 1. The Morgan fingerprint density at radius 3 is 2.19 bits per heavy atom. The average Bonchev–Trinajstić information content (AvgIpc) is 2.80. The molecule has 2 aromatic carbocycles. The molecular weight excluding hydrogens is 424 g/mol. The van der Waals surface area contributed by atoms with E-state index in [4.69, 9.17) is 9.47 Å². The van der Waals surface area contributed by atoms with Crippen LogP contribution in [0.15, 0.2) is 47.4 Å². The first-order valence-corrected chi connectivity index (χ1v) is 13.5. The molecule has 0 spiro atoms. The van der Waals surface area contributed by atoms with Gasteiger partial charge in [-0.05, 0) is 37.1 Å². The van der Waals surface area contributed by atoms with Crippen LogP contribution in [0.2, 0.25) is 0 Å². The van der Waals surface area contributed by atoms with Gasteiger partial charge in [0.15, 0.2) is 15.6 Å². The number of nitrogens with zero attached hydrogens (tertiary/aromatic N) is 2. The van der Waals surface area contributed by atoms with Gasteiger partial charge in [-0.15, -0.1) is 0 Å². The van der Waals surface area contributed by atoms with Crippen molar-refractivity contribution in [2.24, 2.45) is 0 Å². The Morgan fingerprint density at radius 1 is 1.00 bits per heavy atom. The third kappa shape index (κ3) is 6.39. The maximum Gasteiger partial charge on any atom is 0.179 e. The van der Waals surface area contributed by atoms with E-state index >= 15 is 0 Å². The number of rotatable bonds is 11. The molecule has 1 heterocycles. The molecule has 0 atom stereocenters. The van der Waals surface area contributed by atoms with Crippen LogP contribution in [-0.4, -0.2) is 54.1 Å². The van der Waals surface area contributed by atoms with Crippen LogP contribution < -0.4 is 14.5 Å². The molecule has 3 rings (SSSR count). The first-order chi connectivity index (χ1) is 15.4. The summed E-state index contributed by atoms with van der Waals surface area (Å²) >= 11 is 0. The lowest BCUT2D eigenvalue weighted by Gasteiger charge is -2.33. The minimum Gasteiger partial charge on any atom is -0.454 e. The maximum absolute atomic E-state index is 12.9. The number of unbranched alkanes of at least 4 members (excludes halogenated alkanes) is 2. The van der Waals surface area contributed by atoms with Gasteiger partial charge < -0.3 is 19.3 Å². The highest BCUT2D eigenvalue weighted by Gasteiger charge is 2.26. The molecule has 0 saturated carbocycles. The molecule has 2 aromatic rings. The first kappa shape index (κ1) is 24.4. The van der Waals surface area contributed by atoms with Gasteiger partial charge in [0.25, 0.3) is 0 Å². The lowest BCUT2D eigenvalue weighted by Crippen LogP contribution is -2.36.